The van der Waals surface area contributed by atoms with E-state index in [1.54, 1.807) is 25.3 Å². The molecule has 1 fully saturated rings. The second-order valence-corrected chi connectivity index (χ2v) is 14.0. The Morgan fingerprint density at radius 2 is 1.42 bits per heavy atom. The predicted octanol–water partition coefficient (Wildman–Crippen LogP) is 7.49. The molecule has 9 nitrogen and oxygen atoms in total. The third-order valence-electron chi connectivity index (χ3n) is 10.1. The molecular formula is C42H43ClN6O3. The number of benzene rings is 4. The zero-order chi connectivity index (χ0) is 36.0. The molecule has 0 spiro atoms. The van der Waals surface area contributed by atoms with Crippen molar-refractivity contribution in [3.63, 3.8) is 0 Å². The van der Waals surface area contributed by atoms with E-state index in [0.29, 0.717) is 46.1 Å². The van der Waals surface area contributed by atoms with E-state index in [4.69, 9.17) is 16.3 Å². The molecule has 10 heteroatoms. The molecule has 266 valence electrons. The van der Waals surface area contributed by atoms with Crippen LogP contribution < -0.4 is 15.9 Å². The number of fused-ring (bicyclic) bond motifs is 2. The predicted molar refractivity (Wildman–Crippen MR) is 209 cm³/mol. The molecule has 0 bridgehead atoms. The van der Waals surface area contributed by atoms with Gasteiger partial charge in [0.05, 0.1) is 42.0 Å². The number of nitrogens with one attached hydrogen (secondary N) is 2. The number of halogens is 1. The highest BCUT2D eigenvalue weighted by atomic mass is 35.5. The van der Waals surface area contributed by atoms with E-state index in [0.717, 1.165) is 68.1 Å². The van der Waals surface area contributed by atoms with Crippen molar-refractivity contribution in [3.8, 4) is 5.75 Å². The molecule has 1 saturated heterocycles. The molecule has 8 rings (SSSR count). The van der Waals surface area contributed by atoms with Crippen molar-refractivity contribution < 1.29 is 4.74 Å². The van der Waals surface area contributed by atoms with E-state index in [1.165, 1.54) is 16.7 Å². The van der Waals surface area contributed by atoms with Crippen LogP contribution in [0.5, 0.6) is 5.75 Å². The maximum absolute atomic E-state index is 12.3. The highest BCUT2D eigenvalue weighted by Crippen LogP contribution is 2.31. The van der Waals surface area contributed by atoms with Crippen LogP contribution in [-0.2, 0) is 13.1 Å². The number of aromatic nitrogens is 4. The Kier molecular flexibility index (Phi) is 10.9. The number of aryl methyl sites for hydroxylation is 1. The first-order valence-corrected chi connectivity index (χ1v) is 18.2. The van der Waals surface area contributed by atoms with E-state index >= 15 is 0 Å². The molecule has 2 aliphatic heterocycles. The molecule has 0 amide bonds. The fourth-order valence-electron chi connectivity index (χ4n) is 7.33. The van der Waals surface area contributed by atoms with E-state index < -0.39 is 0 Å². The van der Waals surface area contributed by atoms with Crippen LogP contribution in [0.15, 0.2) is 107 Å². The quantitative estimate of drug-likeness (QED) is 0.177. The molecule has 0 atom stereocenters. The number of nitrogens with zero attached hydrogens (tertiary/aromatic N) is 4. The van der Waals surface area contributed by atoms with Crippen LogP contribution in [0.4, 0.5) is 0 Å². The summed E-state index contributed by atoms with van der Waals surface area (Å²) in [6.45, 7) is 7.26. The normalized spacial score (nSPS) is 15.6. The van der Waals surface area contributed by atoms with Gasteiger partial charge in [0.15, 0.2) is 0 Å². The molecule has 0 radical (unpaired) electrons. The average molecular weight is 715 g/mol. The molecule has 2 N–H and O–H groups in total. The van der Waals surface area contributed by atoms with Crippen molar-refractivity contribution in [2.45, 2.75) is 45.2 Å². The standard InChI is InChI=1S/C21H20ClN3O2.C21H23N3O/c1-27-19-5-3-2-4-16(19)14-8-10-25(11-9-14)13-20-23-18-12-15(22)6-7-17(18)21(26)24-20;1-15-6-2-3-7-17(15)16-10-12-24(13-11-16)14-20-22-19-9-5-4-8-18(19)21(25)23-20/h2-8,12H,9-11,13H2,1H3,(H,23,24,26);2-9,16H,10-14H2,1H3,(H,22,23,25). The van der Waals surface area contributed by atoms with Gasteiger partial charge in [-0.25, -0.2) is 9.97 Å². The second kappa shape index (κ2) is 16.1. The highest BCUT2D eigenvalue weighted by molar-refractivity contribution is 6.31. The maximum Gasteiger partial charge on any atom is 0.258 e. The number of hydrogen-bond acceptors (Lipinski definition) is 7. The first kappa shape index (κ1) is 35.3. The molecule has 2 aliphatic rings. The van der Waals surface area contributed by atoms with Gasteiger partial charge in [-0.15, -0.1) is 0 Å². The van der Waals surface area contributed by atoms with Gasteiger partial charge in [-0.3, -0.25) is 19.4 Å². The Labute approximate surface area is 308 Å². The van der Waals surface area contributed by atoms with Gasteiger partial charge in [0.1, 0.15) is 17.4 Å². The van der Waals surface area contributed by atoms with Gasteiger partial charge in [0.2, 0.25) is 0 Å². The Hall–Kier alpha value is -5.09. The van der Waals surface area contributed by atoms with Crippen molar-refractivity contribution in [2.24, 2.45) is 0 Å². The number of methoxy groups -OCH3 is 1. The summed E-state index contributed by atoms with van der Waals surface area (Å²) < 4.78 is 5.47. The van der Waals surface area contributed by atoms with Crippen LogP contribution in [0.3, 0.4) is 0 Å². The zero-order valence-electron chi connectivity index (χ0n) is 29.6. The molecule has 0 saturated carbocycles. The lowest BCUT2D eigenvalue weighted by Crippen LogP contribution is -2.33. The Balaban J connectivity index is 0.000000162. The van der Waals surface area contributed by atoms with Crippen molar-refractivity contribution in [1.29, 1.82) is 0 Å². The topological polar surface area (TPSA) is 107 Å². The number of likely N-dealkylation sites (tertiary alicyclic amines) is 1. The fraction of sp³-hybridized carbons (Fsp3) is 0.286. The first-order chi connectivity index (χ1) is 25.3. The van der Waals surface area contributed by atoms with Crippen LogP contribution in [0.1, 0.15) is 53.5 Å². The summed E-state index contributed by atoms with van der Waals surface area (Å²) in [6.07, 6.45) is 5.45. The van der Waals surface area contributed by atoms with Crippen molar-refractivity contribution in [3.05, 3.63) is 151 Å². The van der Waals surface area contributed by atoms with Crippen molar-refractivity contribution >= 4 is 39.0 Å². The molecule has 6 aromatic rings. The number of rotatable bonds is 7. The van der Waals surface area contributed by atoms with E-state index in [-0.39, 0.29) is 11.1 Å². The fourth-order valence-corrected chi connectivity index (χ4v) is 7.49. The van der Waals surface area contributed by atoms with E-state index in [1.807, 2.05) is 42.5 Å². The minimum Gasteiger partial charge on any atom is -0.496 e. The number of hydrogen-bond donors (Lipinski definition) is 2. The number of para-hydroxylation sites is 2. The lowest BCUT2D eigenvalue weighted by atomic mass is 9.87. The number of piperidine rings is 1. The lowest BCUT2D eigenvalue weighted by Gasteiger charge is -2.32. The van der Waals surface area contributed by atoms with Gasteiger partial charge < -0.3 is 14.7 Å². The molecule has 52 heavy (non-hydrogen) atoms. The maximum atomic E-state index is 12.3. The van der Waals surface area contributed by atoms with Crippen LogP contribution in [0.2, 0.25) is 5.02 Å². The average Bonchev–Trinajstić information content (AvgIpc) is 3.16. The second-order valence-electron chi connectivity index (χ2n) is 13.5. The van der Waals surface area contributed by atoms with Gasteiger partial charge in [0.25, 0.3) is 11.1 Å². The minimum atomic E-state index is -0.131. The smallest absolute Gasteiger partial charge is 0.258 e. The van der Waals surface area contributed by atoms with Crippen molar-refractivity contribution in [2.75, 3.05) is 33.3 Å². The summed E-state index contributed by atoms with van der Waals surface area (Å²) in [5.41, 5.74) is 6.53. The highest BCUT2D eigenvalue weighted by Gasteiger charge is 2.22. The van der Waals surface area contributed by atoms with Gasteiger partial charge in [-0.05, 0) is 98.3 Å². The van der Waals surface area contributed by atoms with Crippen molar-refractivity contribution in [1.82, 2.24) is 29.7 Å². The first-order valence-electron chi connectivity index (χ1n) is 17.8. The van der Waals surface area contributed by atoms with Gasteiger partial charge in [-0.2, -0.15) is 0 Å². The third kappa shape index (κ3) is 8.18. The Morgan fingerprint density at radius 3 is 2.15 bits per heavy atom. The van der Waals surface area contributed by atoms with E-state index in [9.17, 15) is 9.59 Å². The SMILES string of the molecule is COc1ccccc1C1=CCN(Cc2nc3cc(Cl)ccc3c(=O)[nH]2)CC1.Cc1ccccc1C1CCN(Cc2nc3ccccc3c(=O)[nH]2)CC1. The van der Waals surface area contributed by atoms with Crippen LogP contribution in [0, 0.1) is 6.92 Å². The molecule has 4 aromatic carbocycles. The van der Waals surface area contributed by atoms with Gasteiger partial charge in [0, 0.05) is 23.7 Å². The summed E-state index contributed by atoms with van der Waals surface area (Å²) in [5.74, 6) is 2.96. The molecular weight excluding hydrogens is 672 g/mol. The monoisotopic (exact) mass is 714 g/mol. The molecule has 4 heterocycles. The largest absolute Gasteiger partial charge is 0.496 e. The number of H-pyrrole nitrogens is 2. The van der Waals surface area contributed by atoms with Gasteiger partial charge >= 0.3 is 0 Å². The molecule has 2 aromatic heterocycles. The van der Waals surface area contributed by atoms with E-state index in [2.05, 4.69) is 73.1 Å². The molecule has 0 unspecified atom stereocenters. The summed E-state index contributed by atoms with van der Waals surface area (Å²) in [5, 5.41) is 1.79. The lowest BCUT2D eigenvalue weighted by molar-refractivity contribution is 0.200. The number of aromatic amines is 2. The zero-order valence-corrected chi connectivity index (χ0v) is 30.3. The molecule has 0 aliphatic carbocycles. The minimum absolute atomic E-state index is 0.0459. The third-order valence-corrected chi connectivity index (χ3v) is 10.3. The van der Waals surface area contributed by atoms with Gasteiger partial charge in [-0.1, -0.05) is 72.3 Å². The Morgan fingerprint density at radius 1 is 0.769 bits per heavy atom. The number of ether oxygens (including phenoxy) is 1. The summed E-state index contributed by atoms with van der Waals surface area (Å²) in [6, 6.07) is 29.4. The van der Waals surface area contributed by atoms with Crippen LogP contribution in [0.25, 0.3) is 27.4 Å². The summed E-state index contributed by atoms with van der Waals surface area (Å²) >= 11 is 6.03. The van der Waals surface area contributed by atoms with Crippen LogP contribution >= 0.6 is 11.6 Å². The summed E-state index contributed by atoms with van der Waals surface area (Å²) in [4.78, 5) is 44.2. The van der Waals surface area contributed by atoms with Crippen LogP contribution in [-0.4, -0.2) is 63.0 Å². The Bertz CT molecular complexity index is 2340. The summed E-state index contributed by atoms with van der Waals surface area (Å²) in [7, 11) is 1.70.